The normalized spacial score (nSPS) is 35.0. The topological polar surface area (TPSA) is 77.4 Å². The van der Waals surface area contributed by atoms with Crippen LogP contribution in [0.3, 0.4) is 0 Å². The van der Waals surface area contributed by atoms with E-state index in [2.05, 4.69) is 11.0 Å². The second-order valence-electron chi connectivity index (χ2n) is 8.47. The predicted octanol–water partition coefficient (Wildman–Crippen LogP) is 2.24. The molecule has 154 valence electrons. The Morgan fingerprint density at radius 2 is 2.17 bits per heavy atom. The van der Waals surface area contributed by atoms with Crippen molar-refractivity contribution in [3.05, 3.63) is 23.8 Å². The number of aliphatic imine (C=N–C) groups is 1. The molecule has 2 saturated heterocycles. The second kappa shape index (κ2) is 6.29. The molecule has 0 radical (unpaired) electrons. The van der Waals surface area contributed by atoms with Gasteiger partial charge in [0.1, 0.15) is 12.4 Å². The Morgan fingerprint density at radius 3 is 2.90 bits per heavy atom. The molecule has 7 nitrogen and oxygen atoms in total. The van der Waals surface area contributed by atoms with Gasteiger partial charge in [-0.25, -0.2) is 0 Å². The number of hydrogen-bond acceptors (Lipinski definition) is 7. The third kappa shape index (κ3) is 2.19. The molecule has 0 amide bonds. The lowest BCUT2D eigenvalue weighted by Gasteiger charge is -2.52. The zero-order valence-electron chi connectivity index (χ0n) is 17.1. The summed E-state index contributed by atoms with van der Waals surface area (Å²) in [5, 5.41) is 0. The molecule has 29 heavy (non-hydrogen) atoms. The first-order chi connectivity index (χ1) is 14.0. The molecule has 1 aromatic rings. The Morgan fingerprint density at radius 1 is 1.34 bits per heavy atom. The number of fused-ring (bicyclic) bond motifs is 1. The summed E-state index contributed by atoms with van der Waals surface area (Å²) < 4.78 is 16.2. The van der Waals surface area contributed by atoms with Crippen molar-refractivity contribution in [2.45, 2.75) is 37.6 Å². The molecule has 4 atom stereocenters. The predicted molar refractivity (Wildman–Crippen MR) is 106 cm³/mol. The fourth-order valence-corrected chi connectivity index (χ4v) is 6.36. The van der Waals surface area contributed by atoms with Gasteiger partial charge in [0.05, 0.1) is 36.7 Å². The van der Waals surface area contributed by atoms with Gasteiger partial charge in [-0.15, -0.1) is 0 Å². The molecule has 3 fully saturated rings. The maximum atomic E-state index is 13.3. The van der Waals surface area contributed by atoms with E-state index in [4.69, 9.17) is 19.2 Å². The van der Waals surface area contributed by atoms with Crippen LogP contribution < -0.4 is 4.74 Å². The number of ether oxygens (including phenoxy) is 3. The summed E-state index contributed by atoms with van der Waals surface area (Å²) in [6.45, 7) is 3.97. The molecule has 3 aliphatic heterocycles. The van der Waals surface area contributed by atoms with Crippen LogP contribution in [0.15, 0.2) is 23.2 Å². The Labute approximate surface area is 170 Å². The Kier molecular flexibility index (Phi) is 4.04. The summed E-state index contributed by atoms with van der Waals surface area (Å²) in [5.74, 6) is -0.344. The van der Waals surface area contributed by atoms with E-state index in [9.17, 15) is 9.59 Å². The average Bonchev–Trinajstić information content (AvgIpc) is 3.25. The smallest absolute Gasteiger partial charge is 0.314 e. The molecule has 0 aromatic heterocycles. The van der Waals surface area contributed by atoms with Crippen LogP contribution in [0.2, 0.25) is 0 Å². The summed E-state index contributed by atoms with van der Waals surface area (Å²) in [6.07, 6.45) is 1.82. The van der Waals surface area contributed by atoms with Crippen LogP contribution in [0.25, 0.3) is 0 Å². The number of methoxy groups -OCH3 is 2. The second-order valence-corrected chi connectivity index (χ2v) is 8.47. The lowest BCUT2D eigenvalue weighted by atomic mass is 9.52. The third-order valence-electron chi connectivity index (χ3n) is 7.57. The summed E-state index contributed by atoms with van der Waals surface area (Å²) >= 11 is 0. The van der Waals surface area contributed by atoms with E-state index in [0.717, 1.165) is 35.7 Å². The van der Waals surface area contributed by atoms with Gasteiger partial charge < -0.3 is 14.2 Å². The first-order valence-electron chi connectivity index (χ1n) is 10.3. The van der Waals surface area contributed by atoms with Gasteiger partial charge in [0.15, 0.2) is 0 Å². The summed E-state index contributed by atoms with van der Waals surface area (Å²) in [4.78, 5) is 33.6. The molecular formula is C22H26N2O5. The van der Waals surface area contributed by atoms with E-state index in [-0.39, 0.29) is 18.0 Å². The van der Waals surface area contributed by atoms with Gasteiger partial charge in [0, 0.05) is 24.4 Å². The van der Waals surface area contributed by atoms with Gasteiger partial charge in [-0.2, -0.15) is 0 Å². The number of cyclic esters (lactones) is 1. The minimum absolute atomic E-state index is 0.0655. The molecule has 0 unspecified atom stereocenters. The first kappa shape index (κ1) is 18.6. The van der Waals surface area contributed by atoms with Crippen molar-refractivity contribution < 1.29 is 23.8 Å². The van der Waals surface area contributed by atoms with Crippen LogP contribution in [-0.4, -0.2) is 62.5 Å². The van der Waals surface area contributed by atoms with Crippen molar-refractivity contribution in [2.75, 3.05) is 33.9 Å². The Balaban J connectivity index is 1.78. The molecule has 1 spiro atoms. The number of esters is 2. The van der Waals surface area contributed by atoms with Crippen LogP contribution >= 0.6 is 0 Å². The quantitative estimate of drug-likeness (QED) is 0.727. The van der Waals surface area contributed by atoms with Gasteiger partial charge in [0.2, 0.25) is 0 Å². The molecule has 1 saturated carbocycles. The lowest BCUT2D eigenvalue weighted by molar-refractivity contribution is -0.160. The van der Waals surface area contributed by atoms with Gasteiger partial charge in [-0.1, -0.05) is 13.0 Å². The van der Waals surface area contributed by atoms with Crippen LogP contribution in [-0.2, 0) is 24.5 Å². The summed E-state index contributed by atoms with van der Waals surface area (Å²) in [7, 11) is 3.03. The number of rotatable bonds is 3. The monoisotopic (exact) mass is 398 g/mol. The van der Waals surface area contributed by atoms with Crippen LogP contribution in [0.5, 0.6) is 5.75 Å². The third-order valence-corrected chi connectivity index (χ3v) is 7.57. The highest BCUT2D eigenvalue weighted by Gasteiger charge is 2.70. The van der Waals surface area contributed by atoms with Crippen molar-refractivity contribution in [3.63, 3.8) is 0 Å². The molecule has 0 N–H and O–H groups in total. The number of nitrogens with zero attached hydrogens (tertiary/aromatic N) is 2. The zero-order chi connectivity index (χ0) is 20.4. The van der Waals surface area contributed by atoms with Gasteiger partial charge in [0.25, 0.3) is 0 Å². The van der Waals surface area contributed by atoms with Crippen LogP contribution in [0, 0.1) is 11.3 Å². The van der Waals surface area contributed by atoms with Crippen molar-refractivity contribution in [2.24, 2.45) is 16.3 Å². The SMILES string of the molecule is CC[C@@]12C[C@@H](C(=O)OC)C3=Nc4cc(OC)ccc4[C@@]34CCN(CCOC1=O)[C@H]24. The van der Waals surface area contributed by atoms with Crippen LogP contribution in [0.1, 0.15) is 31.7 Å². The molecule has 5 rings (SSSR count). The number of hydrogen-bond donors (Lipinski definition) is 0. The molecule has 7 heteroatoms. The standard InChI is InChI=1S/C22H26N2O5/c1-4-21-12-14(18(25)28-3)17-22(15-6-5-13(27-2)11-16(15)23-17)7-8-24(19(21)22)9-10-29-20(21)26/h5-6,11,14,19H,4,7-10,12H2,1-3H3/t14-,19-,21+,22+/m1/s1. The van der Waals surface area contributed by atoms with E-state index >= 15 is 0 Å². The van der Waals surface area contributed by atoms with Crippen molar-refractivity contribution >= 4 is 23.3 Å². The fourth-order valence-electron chi connectivity index (χ4n) is 6.36. The summed E-state index contributed by atoms with van der Waals surface area (Å²) in [5.41, 5.74) is 1.53. The highest BCUT2D eigenvalue weighted by atomic mass is 16.5. The maximum absolute atomic E-state index is 13.3. The van der Waals surface area contributed by atoms with Gasteiger partial charge in [-0.05, 0) is 37.4 Å². The molecule has 3 heterocycles. The lowest BCUT2D eigenvalue weighted by Crippen LogP contribution is -2.64. The fraction of sp³-hybridized carbons (Fsp3) is 0.591. The molecule has 1 aromatic carbocycles. The van der Waals surface area contributed by atoms with Crippen molar-refractivity contribution in [1.29, 1.82) is 0 Å². The van der Waals surface area contributed by atoms with E-state index in [0.29, 0.717) is 26.0 Å². The molecule has 1 aliphatic carbocycles. The minimum Gasteiger partial charge on any atom is -0.497 e. The zero-order valence-corrected chi connectivity index (χ0v) is 17.1. The van der Waals surface area contributed by atoms with Gasteiger partial charge in [-0.3, -0.25) is 19.5 Å². The number of carbonyl (C=O) groups excluding carboxylic acids is 2. The Hall–Kier alpha value is -2.41. The Bertz CT molecular complexity index is 928. The summed E-state index contributed by atoms with van der Waals surface area (Å²) in [6, 6.07) is 5.86. The highest BCUT2D eigenvalue weighted by molar-refractivity contribution is 6.14. The van der Waals surface area contributed by atoms with E-state index in [1.807, 2.05) is 19.1 Å². The largest absolute Gasteiger partial charge is 0.497 e. The van der Waals surface area contributed by atoms with Gasteiger partial charge >= 0.3 is 11.9 Å². The van der Waals surface area contributed by atoms with E-state index in [1.165, 1.54) is 7.11 Å². The average molecular weight is 398 g/mol. The minimum atomic E-state index is -0.758. The number of carbonyl (C=O) groups is 2. The van der Waals surface area contributed by atoms with Crippen molar-refractivity contribution in [1.82, 2.24) is 4.90 Å². The van der Waals surface area contributed by atoms with Crippen molar-refractivity contribution in [3.8, 4) is 5.75 Å². The number of benzene rings is 1. The van der Waals surface area contributed by atoms with E-state index in [1.54, 1.807) is 7.11 Å². The highest BCUT2D eigenvalue weighted by Crippen LogP contribution is 2.62. The van der Waals surface area contributed by atoms with Crippen LogP contribution in [0.4, 0.5) is 5.69 Å². The first-order valence-corrected chi connectivity index (χ1v) is 10.3. The molecular weight excluding hydrogens is 372 g/mol. The molecule has 4 aliphatic rings. The van der Waals surface area contributed by atoms with E-state index < -0.39 is 16.7 Å². The maximum Gasteiger partial charge on any atom is 0.314 e. The molecule has 0 bridgehead atoms.